The molecular weight excluding hydrogens is 433 g/mol. The number of aromatic nitrogens is 1. The molecule has 2 aliphatic rings. The van der Waals surface area contributed by atoms with Crippen LogP contribution in [0.4, 0.5) is 10.1 Å². The van der Waals surface area contributed by atoms with Crippen molar-refractivity contribution in [3.8, 4) is 6.07 Å². The zero-order valence-corrected chi connectivity index (χ0v) is 19.9. The third-order valence-electron chi connectivity index (χ3n) is 6.77. The number of pyridine rings is 1. The van der Waals surface area contributed by atoms with E-state index in [9.17, 15) is 19.2 Å². The number of hydrogen-bond acceptors (Lipinski definition) is 5. The maximum atomic E-state index is 13.9. The predicted molar refractivity (Wildman–Crippen MR) is 127 cm³/mol. The van der Waals surface area contributed by atoms with E-state index >= 15 is 0 Å². The van der Waals surface area contributed by atoms with Crippen molar-refractivity contribution in [3.63, 3.8) is 0 Å². The summed E-state index contributed by atoms with van der Waals surface area (Å²) in [6.45, 7) is 8.33. The van der Waals surface area contributed by atoms with E-state index in [4.69, 9.17) is 0 Å². The average Bonchev–Trinajstić information content (AvgIpc) is 3.62. The van der Waals surface area contributed by atoms with Crippen LogP contribution < -0.4 is 5.32 Å². The Kier molecular flexibility index (Phi) is 6.94. The standard InChI is InChI=1S/C26H30FN5O2/c1-16-14-31(6-7-32(16)25(33)10-19-4-5-19)15-22-8-20(12-28)9-24(17(22)2)30-26(34)21-11-23(27)18(3)29-13-21/h8-9,11,13,16,19H,4-7,10,14-15H2,1-3H3,(H,30,34)/t16-/m0/s1. The molecule has 2 fully saturated rings. The quantitative estimate of drug-likeness (QED) is 0.704. The van der Waals surface area contributed by atoms with Gasteiger partial charge in [-0.15, -0.1) is 0 Å². The molecule has 34 heavy (non-hydrogen) atoms. The number of halogens is 1. The van der Waals surface area contributed by atoms with Crippen molar-refractivity contribution in [1.82, 2.24) is 14.8 Å². The molecule has 1 aliphatic carbocycles. The van der Waals surface area contributed by atoms with Crippen molar-refractivity contribution >= 4 is 17.5 Å². The summed E-state index contributed by atoms with van der Waals surface area (Å²) in [6.07, 6.45) is 4.34. The first-order valence-corrected chi connectivity index (χ1v) is 11.7. The highest BCUT2D eigenvalue weighted by Gasteiger charge is 2.32. The average molecular weight is 464 g/mol. The summed E-state index contributed by atoms with van der Waals surface area (Å²) < 4.78 is 13.9. The SMILES string of the molecule is Cc1ncc(C(=O)Nc2cc(C#N)cc(CN3CCN(C(=O)CC4CC4)[C@@H](C)C3)c2C)cc1F. The molecule has 0 bridgehead atoms. The number of nitriles is 1. The Morgan fingerprint density at radius 2 is 2.00 bits per heavy atom. The van der Waals surface area contributed by atoms with Gasteiger partial charge in [-0.1, -0.05) is 0 Å². The Bertz CT molecular complexity index is 1150. The van der Waals surface area contributed by atoms with E-state index in [1.165, 1.54) is 26.0 Å². The molecule has 1 aromatic heterocycles. The lowest BCUT2D eigenvalue weighted by Crippen LogP contribution is -2.53. The predicted octanol–water partition coefficient (Wildman–Crippen LogP) is 3.79. The van der Waals surface area contributed by atoms with E-state index in [2.05, 4.69) is 28.2 Å². The number of nitrogens with zero attached hydrogens (tertiary/aromatic N) is 4. The Labute approximate surface area is 199 Å². The number of benzene rings is 1. The summed E-state index contributed by atoms with van der Waals surface area (Å²) >= 11 is 0. The highest BCUT2D eigenvalue weighted by molar-refractivity contribution is 6.04. The van der Waals surface area contributed by atoms with Gasteiger partial charge >= 0.3 is 0 Å². The lowest BCUT2D eigenvalue weighted by Gasteiger charge is -2.40. The zero-order valence-electron chi connectivity index (χ0n) is 19.9. The first-order valence-electron chi connectivity index (χ1n) is 11.7. The minimum absolute atomic E-state index is 0.118. The van der Waals surface area contributed by atoms with Gasteiger partial charge in [0, 0.05) is 50.5 Å². The fraction of sp³-hybridized carbons (Fsp3) is 0.462. The van der Waals surface area contributed by atoms with Gasteiger partial charge in [-0.2, -0.15) is 5.26 Å². The molecule has 2 aromatic rings. The molecule has 2 amide bonds. The van der Waals surface area contributed by atoms with E-state index in [0.29, 0.717) is 36.7 Å². The fourth-order valence-corrected chi connectivity index (χ4v) is 4.43. The molecule has 4 rings (SSSR count). The van der Waals surface area contributed by atoms with Crippen LogP contribution in [-0.4, -0.2) is 52.3 Å². The number of hydrogen-bond donors (Lipinski definition) is 1. The molecule has 1 N–H and O–H groups in total. The lowest BCUT2D eigenvalue weighted by molar-refractivity contribution is -0.136. The third kappa shape index (κ3) is 5.42. The van der Waals surface area contributed by atoms with E-state index in [0.717, 1.165) is 30.3 Å². The number of amides is 2. The molecule has 0 spiro atoms. The molecule has 1 atom stereocenters. The van der Waals surface area contributed by atoms with Crippen LogP contribution in [0.2, 0.25) is 0 Å². The van der Waals surface area contributed by atoms with Gasteiger partial charge < -0.3 is 10.2 Å². The molecule has 8 heteroatoms. The summed E-state index contributed by atoms with van der Waals surface area (Å²) in [5, 5.41) is 12.3. The molecular formula is C26H30FN5O2. The Morgan fingerprint density at radius 3 is 2.65 bits per heavy atom. The number of piperazine rings is 1. The Hall–Kier alpha value is -3.31. The monoisotopic (exact) mass is 463 g/mol. The van der Waals surface area contributed by atoms with E-state index in [-0.39, 0.29) is 23.2 Å². The van der Waals surface area contributed by atoms with Crippen molar-refractivity contribution in [2.24, 2.45) is 5.92 Å². The molecule has 1 aliphatic heterocycles. The van der Waals surface area contributed by atoms with Crippen LogP contribution in [-0.2, 0) is 11.3 Å². The van der Waals surface area contributed by atoms with Gasteiger partial charge in [-0.25, -0.2) is 4.39 Å². The second-order valence-corrected chi connectivity index (χ2v) is 9.48. The summed E-state index contributed by atoms with van der Waals surface area (Å²) in [6, 6.07) is 6.92. The minimum atomic E-state index is -0.542. The molecule has 178 valence electrons. The number of anilines is 1. The van der Waals surface area contributed by atoms with Gasteiger partial charge in [0.15, 0.2) is 0 Å². The van der Waals surface area contributed by atoms with E-state index in [1.54, 1.807) is 6.07 Å². The number of rotatable bonds is 6. The normalized spacial score (nSPS) is 18.4. The van der Waals surface area contributed by atoms with Crippen LogP contribution >= 0.6 is 0 Å². The largest absolute Gasteiger partial charge is 0.337 e. The number of aryl methyl sites for hydroxylation is 1. The van der Waals surface area contributed by atoms with Gasteiger partial charge in [-0.3, -0.25) is 19.5 Å². The molecule has 0 unspecified atom stereocenters. The van der Waals surface area contributed by atoms with Gasteiger partial charge in [0.1, 0.15) is 5.82 Å². The molecule has 0 radical (unpaired) electrons. The molecule has 1 aromatic carbocycles. The van der Waals surface area contributed by atoms with Crippen LogP contribution in [0, 0.1) is 36.9 Å². The van der Waals surface area contributed by atoms with Crippen LogP contribution in [0.25, 0.3) is 0 Å². The minimum Gasteiger partial charge on any atom is -0.337 e. The Balaban J connectivity index is 1.46. The second kappa shape index (κ2) is 9.90. The van der Waals surface area contributed by atoms with E-state index < -0.39 is 11.7 Å². The first-order chi connectivity index (χ1) is 16.2. The van der Waals surface area contributed by atoms with Crippen LogP contribution in [0.1, 0.15) is 58.9 Å². The van der Waals surface area contributed by atoms with E-state index in [1.807, 2.05) is 17.9 Å². The summed E-state index contributed by atoms with van der Waals surface area (Å²) in [4.78, 5) is 33.5. The summed E-state index contributed by atoms with van der Waals surface area (Å²) in [5.41, 5.74) is 3.10. The topological polar surface area (TPSA) is 89.3 Å². The highest BCUT2D eigenvalue weighted by atomic mass is 19.1. The van der Waals surface area contributed by atoms with Gasteiger partial charge in [0.05, 0.1) is 22.9 Å². The summed E-state index contributed by atoms with van der Waals surface area (Å²) in [5.74, 6) is -0.189. The molecule has 7 nitrogen and oxygen atoms in total. The lowest BCUT2D eigenvalue weighted by atomic mass is 10.0. The first kappa shape index (κ1) is 23.8. The van der Waals surface area contributed by atoms with Crippen molar-refractivity contribution in [2.45, 2.75) is 52.6 Å². The van der Waals surface area contributed by atoms with Crippen molar-refractivity contribution in [1.29, 1.82) is 5.26 Å². The van der Waals surface area contributed by atoms with Gasteiger partial charge in [-0.05, 0) is 68.9 Å². The van der Waals surface area contributed by atoms with Crippen LogP contribution in [0.15, 0.2) is 24.4 Å². The van der Waals surface area contributed by atoms with Crippen LogP contribution in [0.5, 0.6) is 0 Å². The fourth-order valence-electron chi connectivity index (χ4n) is 4.43. The maximum Gasteiger partial charge on any atom is 0.257 e. The van der Waals surface area contributed by atoms with Crippen molar-refractivity contribution in [2.75, 3.05) is 25.0 Å². The van der Waals surface area contributed by atoms with Gasteiger partial charge in [0.25, 0.3) is 5.91 Å². The number of carbonyl (C=O) groups is 2. The van der Waals surface area contributed by atoms with Crippen molar-refractivity contribution < 1.29 is 14.0 Å². The number of nitrogens with one attached hydrogen (secondary N) is 1. The molecule has 2 heterocycles. The molecule has 1 saturated heterocycles. The number of carbonyl (C=O) groups excluding carboxylic acids is 2. The maximum absolute atomic E-state index is 13.9. The Morgan fingerprint density at radius 1 is 1.24 bits per heavy atom. The third-order valence-corrected chi connectivity index (χ3v) is 6.77. The highest BCUT2D eigenvalue weighted by Crippen LogP contribution is 2.33. The van der Waals surface area contributed by atoms with Crippen molar-refractivity contribution in [3.05, 3.63) is 58.2 Å². The molecule has 1 saturated carbocycles. The second-order valence-electron chi connectivity index (χ2n) is 9.48. The smallest absolute Gasteiger partial charge is 0.257 e. The van der Waals surface area contributed by atoms with Gasteiger partial charge in [0.2, 0.25) is 5.91 Å². The summed E-state index contributed by atoms with van der Waals surface area (Å²) in [7, 11) is 0. The zero-order chi connectivity index (χ0) is 24.4. The van der Waals surface area contributed by atoms with Crippen LogP contribution in [0.3, 0.4) is 0 Å².